The molecule has 2 N–H and O–H groups in total. The van der Waals surface area contributed by atoms with Crippen LogP contribution in [-0.4, -0.2) is 24.3 Å². The first kappa shape index (κ1) is 12.0. The molecule has 2 heteroatoms. The van der Waals surface area contributed by atoms with Crippen LogP contribution in [0.2, 0.25) is 0 Å². The Morgan fingerprint density at radius 2 is 1.86 bits per heavy atom. The van der Waals surface area contributed by atoms with E-state index in [1.54, 1.807) is 0 Å². The van der Waals surface area contributed by atoms with Gasteiger partial charge in [-0.1, -0.05) is 33.1 Å². The summed E-state index contributed by atoms with van der Waals surface area (Å²) in [6.07, 6.45) is 6.98. The van der Waals surface area contributed by atoms with Crippen LogP contribution < -0.4 is 5.32 Å². The van der Waals surface area contributed by atoms with Crippen molar-refractivity contribution in [2.24, 2.45) is 11.8 Å². The molecule has 0 aromatic carbocycles. The SMILES string of the molecule is CC(C)C(CO)NCC1CCCCC1. The molecule has 1 saturated carbocycles. The highest BCUT2D eigenvalue weighted by Gasteiger charge is 2.16. The fourth-order valence-electron chi connectivity index (χ4n) is 2.22. The predicted molar refractivity (Wildman–Crippen MR) is 60.3 cm³/mol. The smallest absolute Gasteiger partial charge is 0.0587 e. The van der Waals surface area contributed by atoms with Gasteiger partial charge >= 0.3 is 0 Å². The molecule has 0 bridgehead atoms. The van der Waals surface area contributed by atoms with Crippen LogP contribution >= 0.6 is 0 Å². The molecule has 1 fully saturated rings. The zero-order valence-electron chi connectivity index (χ0n) is 9.63. The second kappa shape index (κ2) is 6.41. The minimum absolute atomic E-state index is 0.268. The van der Waals surface area contributed by atoms with Gasteiger partial charge in [0.2, 0.25) is 0 Å². The minimum Gasteiger partial charge on any atom is -0.395 e. The second-order valence-corrected chi connectivity index (χ2v) is 4.95. The Morgan fingerprint density at radius 1 is 1.21 bits per heavy atom. The highest BCUT2D eigenvalue weighted by molar-refractivity contribution is 4.73. The lowest BCUT2D eigenvalue weighted by Crippen LogP contribution is -2.40. The van der Waals surface area contributed by atoms with Gasteiger partial charge < -0.3 is 10.4 Å². The molecule has 1 rings (SSSR count). The summed E-state index contributed by atoms with van der Waals surface area (Å²) < 4.78 is 0. The molecule has 0 radical (unpaired) electrons. The van der Waals surface area contributed by atoms with Gasteiger partial charge in [0, 0.05) is 6.04 Å². The fourth-order valence-corrected chi connectivity index (χ4v) is 2.22. The molecule has 2 nitrogen and oxygen atoms in total. The van der Waals surface area contributed by atoms with Crippen molar-refractivity contribution in [2.75, 3.05) is 13.2 Å². The summed E-state index contributed by atoms with van der Waals surface area (Å²) in [4.78, 5) is 0. The fraction of sp³-hybridized carbons (Fsp3) is 1.00. The quantitative estimate of drug-likeness (QED) is 0.711. The Balaban J connectivity index is 2.16. The van der Waals surface area contributed by atoms with Crippen LogP contribution in [0.1, 0.15) is 46.0 Å². The van der Waals surface area contributed by atoms with Crippen molar-refractivity contribution in [1.29, 1.82) is 0 Å². The van der Waals surface area contributed by atoms with E-state index in [9.17, 15) is 0 Å². The largest absolute Gasteiger partial charge is 0.395 e. The van der Waals surface area contributed by atoms with Crippen molar-refractivity contribution >= 4 is 0 Å². The number of aliphatic hydroxyl groups excluding tert-OH is 1. The van der Waals surface area contributed by atoms with Gasteiger partial charge in [0.25, 0.3) is 0 Å². The molecular formula is C12H25NO. The van der Waals surface area contributed by atoms with Crippen molar-refractivity contribution in [1.82, 2.24) is 5.32 Å². The van der Waals surface area contributed by atoms with Crippen LogP contribution in [0.25, 0.3) is 0 Å². The van der Waals surface area contributed by atoms with Gasteiger partial charge in [-0.25, -0.2) is 0 Å². The third kappa shape index (κ3) is 3.97. The standard InChI is InChI=1S/C12H25NO/c1-10(2)12(9-14)13-8-11-6-4-3-5-7-11/h10-14H,3-9H2,1-2H3. The zero-order chi connectivity index (χ0) is 10.4. The molecule has 0 aliphatic heterocycles. The summed E-state index contributed by atoms with van der Waals surface area (Å²) in [5, 5.41) is 12.7. The van der Waals surface area contributed by atoms with Gasteiger partial charge in [0.15, 0.2) is 0 Å². The second-order valence-electron chi connectivity index (χ2n) is 4.95. The van der Waals surface area contributed by atoms with E-state index >= 15 is 0 Å². The summed E-state index contributed by atoms with van der Waals surface area (Å²) in [7, 11) is 0. The molecular weight excluding hydrogens is 174 g/mol. The zero-order valence-corrected chi connectivity index (χ0v) is 9.63. The van der Waals surface area contributed by atoms with Crippen LogP contribution in [-0.2, 0) is 0 Å². The molecule has 0 aromatic heterocycles. The van der Waals surface area contributed by atoms with E-state index in [0.29, 0.717) is 5.92 Å². The van der Waals surface area contributed by atoms with Gasteiger partial charge in [-0.05, 0) is 31.2 Å². The van der Waals surface area contributed by atoms with E-state index in [4.69, 9.17) is 5.11 Å². The third-order valence-corrected chi connectivity index (χ3v) is 3.39. The number of hydrogen-bond donors (Lipinski definition) is 2. The molecule has 0 aromatic rings. The van der Waals surface area contributed by atoms with Crippen molar-refractivity contribution in [2.45, 2.75) is 52.0 Å². The number of aliphatic hydroxyl groups is 1. The van der Waals surface area contributed by atoms with E-state index in [2.05, 4.69) is 19.2 Å². The van der Waals surface area contributed by atoms with Gasteiger partial charge in [0.1, 0.15) is 0 Å². The number of rotatable bonds is 5. The number of nitrogens with one attached hydrogen (secondary N) is 1. The molecule has 0 saturated heterocycles. The van der Waals surface area contributed by atoms with Crippen LogP contribution in [0.5, 0.6) is 0 Å². The highest BCUT2D eigenvalue weighted by atomic mass is 16.3. The van der Waals surface area contributed by atoms with Gasteiger partial charge in [-0.15, -0.1) is 0 Å². The van der Waals surface area contributed by atoms with Crippen LogP contribution in [0, 0.1) is 11.8 Å². The molecule has 0 spiro atoms. The Hall–Kier alpha value is -0.0800. The van der Waals surface area contributed by atoms with E-state index < -0.39 is 0 Å². The molecule has 1 aliphatic carbocycles. The normalized spacial score (nSPS) is 21.4. The Kier molecular flexibility index (Phi) is 5.49. The Bertz CT molecular complexity index is 141. The average Bonchev–Trinajstić information content (AvgIpc) is 2.20. The van der Waals surface area contributed by atoms with Crippen molar-refractivity contribution in [3.05, 3.63) is 0 Å². The maximum absolute atomic E-state index is 9.16. The van der Waals surface area contributed by atoms with E-state index in [1.165, 1.54) is 32.1 Å². The maximum atomic E-state index is 9.16. The summed E-state index contributed by atoms with van der Waals surface area (Å²) in [6, 6.07) is 0.289. The highest BCUT2D eigenvalue weighted by Crippen LogP contribution is 2.23. The number of hydrogen-bond acceptors (Lipinski definition) is 2. The molecule has 1 atom stereocenters. The first-order valence-corrected chi connectivity index (χ1v) is 6.08. The van der Waals surface area contributed by atoms with E-state index in [1.807, 2.05) is 0 Å². The van der Waals surface area contributed by atoms with Crippen LogP contribution in [0.15, 0.2) is 0 Å². The summed E-state index contributed by atoms with van der Waals surface area (Å²) in [6.45, 7) is 5.69. The minimum atomic E-state index is 0.268. The molecule has 1 unspecified atom stereocenters. The lowest BCUT2D eigenvalue weighted by molar-refractivity contribution is 0.199. The van der Waals surface area contributed by atoms with E-state index in [0.717, 1.165) is 12.5 Å². The van der Waals surface area contributed by atoms with Crippen molar-refractivity contribution in [3.8, 4) is 0 Å². The Morgan fingerprint density at radius 3 is 2.36 bits per heavy atom. The Labute approximate surface area is 88.1 Å². The van der Waals surface area contributed by atoms with Crippen molar-refractivity contribution in [3.63, 3.8) is 0 Å². The molecule has 14 heavy (non-hydrogen) atoms. The molecule has 0 heterocycles. The molecule has 0 amide bonds. The van der Waals surface area contributed by atoms with E-state index in [-0.39, 0.29) is 12.6 Å². The lowest BCUT2D eigenvalue weighted by Gasteiger charge is -2.26. The van der Waals surface area contributed by atoms with Gasteiger partial charge in [0.05, 0.1) is 6.61 Å². The topological polar surface area (TPSA) is 32.3 Å². The van der Waals surface area contributed by atoms with Crippen LogP contribution in [0.3, 0.4) is 0 Å². The van der Waals surface area contributed by atoms with Gasteiger partial charge in [-0.3, -0.25) is 0 Å². The average molecular weight is 199 g/mol. The van der Waals surface area contributed by atoms with Crippen molar-refractivity contribution < 1.29 is 5.11 Å². The summed E-state index contributed by atoms with van der Waals surface area (Å²) >= 11 is 0. The first-order valence-electron chi connectivity index (χ1n) is 6.08. The monoisotopic (exact) mass is 199 g/mol. The summed E-state index contributed by atoms with van der Waals surface area (Å²) in [5.41, 5.74) is 0. The third-order valence-electron chi connectivity index (χ3n) is 3.39. The molecule has 84 valence electrons. The predicted octanol–water partition coefficient (Wildman–Crippen LogP) is 2.17. The van der Waals surface area contributed by atoms with Gasteiger partial charge in [-0.2, -0.15) is 0 Å². The summed E-state index contributed by atoms with van der Waals surface area (Å²) in [5.74, 6) is 1.39. The molecule has 1 aliphatic rings. The maximum Gasteiger partial charge on any atom is 0.0587 e. The lowest BCUT2D eigenvalue weighted by atomic mass is 9.89. The van der Waals surface area contributed by atoms with Crippen LogP contribution in [0.4, 0.5) is 0 Å². The first-order chi connectivity index (χ1) is 6.74.